The summed E-state index contributed by atoms with van der Waals surface area (Å²) >= 11 is 0. The Morgan fingerprint density at radius 1 is 0.913 bits per heavy atom. The van der Waals surface area contributed by atoms with Gasteiger partial charge in [0.05, 0.1) is 15.3 Å². The summed E-state index contributed by atoms with van der Waals surface area (Å²) in [5.41, 5.74) is 0.679. The Labute approximate surface area is 134 Å². The Morgan fingerprint density at radius 2 is 1.57 bits per heavy atom. The first-order valence-electron chi connectivity index (χ1n) is 6.67. The third-order valence-electron chi connectivity index (χ3n) is 3.52. The van der Waals surface area contributed by atoms with E-state index in [2.05, 4.69) is 0 Å². The van der Waals surface area contributed by atoms with Gasteiger partial charge in [-0.3, -0.25) is 0 Å². The van der Waals surface area contributed by atoms with Crippen molar-refractivity contribution in [2.45, 2.75) is 16.7 Å². The van der Waals surface area contributed by atoms with Crippen molar-refractivity contribution in [1.29, 1.82) is 0 Å². The third kappa shape index (κ3) is 2.54. The number of aryl methyl sites for hydroxylation is 1. The summed E-state index contributed by atoms with van der Waals surface area (Å²) in [6.45, 7) is 1.60. The molecule has 3 rings (SSSR count). The van der Waals surface area contributed by atoms with E-state index in [4.69, 9.17) is 5.14 Å². The number of rotatable bonds is 3. The molecule has 2 aromatic carbocycles. The highest BCUT2D eigenvalue weighted by atomic mass is 32.2. The van der Waals surface area contributed by atoms with Gasteiger partial charge in [0.1, 0.15) is 0 Å². The minimum Gasteiger partial charge on any atom is -0.238 e. The highest BCUT2D eigenvalue weighted by Gasteiger charge is 2.24. The summed E-state index contributed by atoms with van der Waals surface area (Å²) < 4.78 is 50.3. The van der Waals surface area contributed by atoms with Crippen LogP contribution in [-0.4, -0.2) is 20.8 Å². The van der Waals surface area contributed by atoms with Crippen molar-refractivity contribution in [3.05, 3.63) is 60.3 Å². The molecule has 0 atom stereocenters. The molecule has 23 heavy (non-hydrogen) atoms. The van der Waals surface area contributed by atoms with E-state index in [9.17, 15) is 16.8 Å². The molecule has 0 spiro atoms. The fraction of sp³-hybridized carbons (Fsp3) is 0.0667. The Balaban J connectivity index is 2.39. The molecule has 0 fully saturated rings. The van der Waals surface area contributed by atoms with Crippen molar-refractivity contribution in [3.8, 4) is 0 Å². The molecule has 6 nitrogen and oxygen atoms in total. The SMILES string of the molecule is Cc1cc2c(S(N)(=O)=O)cccc2n1S(=O)(=O)c1ccccc1. The number of nitrogens with zero attached hydrogens (tertiary/aromatic N) is 1. The maximum absolute atomic E-state index is 12.9. The highest BCUT2D eigenvalue weighted by Crippen LogP contribution is 2.29. The van der Waals surface area contributed by atoms with Crippen molar-refractivity contribution in [3.63, 3.8) is 0 Å². The van der Waals surface area contributed by atoms with Gasteiger partial charge in [0.2, 0.25) is 10.0 Å². The molecule has 0 aliphatic carbocycles. The number of benzene rings is 2. The molecule has 0 bridgehead atoms. The largest absolute Gasteiger partial charge is 0.268 e. The van der Waals surface area contributed by atoms with Crippen LogP contribution in [-0.2, 0) is 20.0 Å². The van der Waals surface area contributed by atoms with Crippen molar-refractivity contribution in [2.24, 2.45) is 5.14 Å². The first kappa shape index (κ1) is 15.7. The second kappa shape index (κ2) is 5.19. The molecule has 0 amide bonds. The van der Waals surface area contributed by atoms with E-state index < -0.39 is 20.0 Å². The first-order chi connectivity index (χ1) is 10.7. The van der Waals surface area contributed by atoms with Crippen LogP contribution in [0.15, 0.2) is 64.4 Å². The Hall–Kier alpha value is -2.16. The van der Waals surface area contributed by atoms with E-state index in [-0.39, 0.29) is 20.7 Å². The molecule has 120 valence electrons. The lowest BCUT2D eigenvalue weighted by atomic mass is 10.2. The molecule has 0 aliphatic heterocycles. The summed E-state index contributed by atoms with van der Waals surface area (Å²) in [6, 6.07) is 13.8. The van der Waals surface area contributed by atoms with Gasteiger partial charge < -0.3 is 0 Å². The van der Waals surface area contributed by atoms with Crippen molar-refractivity contribution < 1.29 is 16.8 Å². The Morgan fingerprint density at radius 3 is 2.17 bits per heavy atom. The van der Waals surface area contributed by atoms with E-state index in [1.807, 2.05) is 0 Å². The molecule has 0 radical (unpaired) electrons. The smallest absolute Gasteiger partial charge is 0.238 e. The summed E-state index contributed by atoms with van der Waals surface area (Å²) in [5, 5.41) is 5.50. The van der Waals surface area contributed by atoms with Crippen LogP contribution >= 0.6 is 0 Å². The monoisotopic (exact) mass is 350 g/mol. The number of aromatic nitrogens is 1. The normalized spacial score (nSPS) is 12.6. The molecule has 1 heterocycles. The topological polar surface area (TPSA) is 99.2 Å². The van der Waals surface area contributed by atoms with Crippen LogP contribution in [0.2, 0.25) is 0 Å². The lowest BCUT2D eigenvalue weighted by molar-refractivity contribution is 0.587. The van der Waals surface area contributed by atoms with E-state index in [1.54, 1.807) is 31.2 Å². The zero-order valence-electron chi connectivity index (χ0n) is 12.2. The van der Waals surface area contributed by atoms with Crippen molar-refractivity contribution >= 4 is 30.9 Å². The number of sulfonamides is 1. The summed E-state index contributed by atoms with van der Waals surface area (Å²) in [5.74, 6) is 0. The van der Waals surface area contributed by atoms with Gasteiger partial charge in [0, 0.05) is 11.1 Å². The standard InChI is InChI=1S/C15H14N2O4S2/c1-11-10-13-14(8-5-9-15(13)22(16,18)19)17(11)23(20,21)12-6-3-2-4-7-12/h2-10H,1H3,(H2,16,18,19). The van der Waals surface area contributed by atoms with E-state index in [0.717, 1.165) is 3.97 Å². The maximum atomic E-state index is 12.9. The highest BCUT2D eigenvalue weighted by molar-refractivity contribution is 7.90. The Kier molecular flexibility index (Phi) is 3.55. The number of primary sulfonamides is 1. The lowest BCUT2D eigenvalue weighted by Crippen LogP contribution is -2.15. The van der Waals surface area contributed by atoms with Crippen molar-refractivity contribution in [1.82, 2.24) is 3.97 Å². The quantitative estimate of drug-likeness (QED) is 0.779. The maximum Gasteiger partial charge on any atom is 0.268 e. The van der Waals surface area contributed by atoms with Crippen LogP contribution < -0.4 is 5.14 Å². The fourth-order valence-electron chi connectivity index (χ4n) is 2.58. The number of hydrogen-bond donors (Lipinski definition) is 1. The van der Waals surface area contributed by atoms with Crippen molar-refractivity contribution in [2.75, 3.05) is 0 Å². The molecule has 0 saturated heterocycles. The van der Waals surface area contributed by atoms with Crippen LogP contribution in [0.25, 0.3) is 10.9 Å². The summed E-state index contributed by atoms with van der Waals surface area (Å²) in [6.07, 6.45) is 0. The van der Waals surface area contributed by atoms with Gasteiger partial charge in [-0.2, -0.15) is 0 Å². The summed E-state index contributed by atoms with van der Waals surface area (Å²) in [7, 11) is -7.79. The van der Waals surface area contributed by atoms with Crippen LogP contribution in [0.3, 0.4) is 0 Å². The van der Waals surface area contributed by atoms with Crippen LogP contribution in [0.5, 0.6) is 0 Å². The molecule has 2 N–H and O–H groups in total. The number of fused-ring (bicyclic) bond motifs is 1. The molecular weight excluding hydrogens is 336 g/mol. The molecule has 0 unspecified atom stereocenters. The third-order valence-corrected chi connectivity index (χ3v) is 6.33. The van der Waals surface area contributed by atoms with Gasteiger partial charge in [0.15, 0.2) is 0 Å². The zero-order chi connectivity index (χ0) is 16.8. The summed E-state index contributed by atoms with van der Waals surface area (Å²) in [4.78, 5) is 0.0294. The second-order valence-corrected chi connectivity index (χ2v) is 8.42. The predicted molar refractivity (Wildman–Crippen MR) is 87.1 cm³/mol. The average Bonchev–Trinajstić information content (AvgIpc) is 2.83. The van der Waals surface area contributed by atoms with Gasteiger partial charge in [-0.15, -0.1) is 0 Å². The predicted octanol–water partition coefficient (Wildman–Crippen LogP) is 1.83. The minimum absolute atomic E-state index is 0.0971. The van der Waals surface area contributed by atoms with E-state index in [1.165, 1.54) is 30.3 Å². The lowest BCUT2D eigenvalue weighted by Gasteiger charge is -2.10. The van der Waals surface area contributed by atoms with Crippen LogP contribution in [0.1, 0.15) is 5.69 Å². The molecule has 0 aliphatic rings. The zero-order valence-corrected chi connectivity index (χ0v) is 13.8. The second-order valence-electron chi connectivity index (χ2n) is 5.10. The van der Waals surface area contributed by atoms with Gasteiger partial charge in [-0.05, 0) is 37.3 Å². The Bertz CT molecular complexity index is 1100. The molecular formula is C15H14N2O4S2. The fourth-order valence-corrected chi connectivity index (χ4v) is 4.88. The van der Waals surface area contributed by atoms with Crippen LogP contribution in [0, 0.1) is 6.92 Å². The number of nitrogens with two attached hydrogens (primary N) is 1. The van der Waals surface area contributed by atoms with Gasteiger partial charge in [-0.1, -0.05) is 24.3 Å². The van der Waals surface area contributed by atoms with Crippen LogP contribution in [0.4, 0.5) is 0 Å². The molecule has 8 heteroatoms. The van der Waals surface area contributed by atoms with Gasteiger partial charge >= 0.3 is 0 Å². The van der Waals surface area contributed by atoms with E-state index in [0.29, 0.717) is 5.69 Å². The van der Waals surface area contributed by atoms with E-state index >= 15 is 0 Å². The first-order valence-corrected chi connectivity index (χ1v) is 9.66. The average molecular weight is 350 g/mol. The molecule has 3 aromatic rings. The molecule has 1 aromatic heterocycles. The van der Waals surface area contributed by atoms with Gasteiger partial charge in [0.25, 0.3) is 10.0 Å². The molecule has 0 saturated carbocycles. The number of hydrogen-bond acceptors (Lipinski definition) is 4. The van der Waals surface area contributed by atoms with Gasteiger partial charge in [-0.25, -0.2) is 25.9 Å². The minimum atomic E-state index is -3.95.